The van der Waals surface area contributed by atoms with Gasteiger partial charge in [0.15, 0.2) is 11.9 Å². The van der Waals surface area contributed by atoms with Gasteiger partial charge in [-0.05, 0) is 32.0 Å². The average molecular weight is 332 g/mol. The number of carbonyl (C=O) groups is 2. The van der Waals surface area contributed by atoms with Crippen LogP contribution in [-0.4, -0.2) is 62.1 Å². The molecule has 0 aromatic heterocycles. The summed E-state index contributed by atoms with van der Waals surface area (Å²) < 4.78 is 5.61. The smallest absolute Gasteiger partial charge is 0.265 e. The fraction of sp³-hybridized carbons (Fsp3) is 0.529. The third kappa shape index (κ3) is 3.85. The number of rotatable bonds is 5. The van der Waals surface area contributed by atoms with Gasteiger partial charge in [0.2, 0.25) is 0 Å². The Hall–Kier alpha value is -2.12. The molecule has 2 aliphatic rings. The average Bonchev–Trinajstić information content (AvgIpc) is 2.60. The summed E-state index contributed by atoms with van der Waals surface area (Å²) in [5, 5.41) is 9.02. The zero-order chi connectivity index (χ0) is 16.9. The van der Waals surface area contributed by atoms with Gasteiger partial charge in [-0.25, -0.2) is 0 Å². The van der Waals surface area contributed by atoms with Crippen molar-refractivity contribution in [2.45, 2.75) is 19.4 Å². The maximum atomic E-state index is 12.4. The Morgan fingerprint density at radius 2 is 2.17 bits per heavy atom. The second-order valence-corrected chi connectivity index (χ2v) is 6.13. The molecule has 1 unspecified atom stereocenters. The lowest BCUT2D eigenvalue weighted by atomic mass is 10.1. The van der Waals surface area contributed by atoms with E-state index in [0.717, 1.165) is 39.1 Å². The molecule has 2 amide bonds. The van der Waals surface area contributed by atoms with Crippen LogP contribution in [-0.2, 0) is 4.79 Å². The number of para-hydroxylation sites is 1. The summed E-state index contributed by atoms with van der Waals surface area (Å²) in [6.07, 6.45) is 0.313. The van der Waals surface area contributed by atoms with E-state index in [1.165, 1.54) is 0 Å². The lowest BCUT2D eigenvalue weighted by Crippen LogP contribution is -2.44. The highest BCUT2D eigenvalue weighted by Crippen LogP contribution is 2.33. The summed E-state index contributed by atoms with van der Waals surface area (Å²) in [5.41, 5.74) is 1.01. The summed E-state index contributed by atoms with van der Waals surface area (Å²) in [6.45, 7) is 7.46. The van der Waals surface area contributed by atoms with Crippen LogP contribution in [0, 0.1) is 0 Å². The van der Waals surface area contributed by atoms with Gasteiger partial charge < -0.3 is 25.6 Å². The fourth-order valence-electron chi connectivity index (χ4n) is 2.94. The van der Waals surface area contributed by atoms with E-state index < -0.39 is 6.10 Å². The number of hydrogen-bond acceptors (Lipinski definition) is 5. The summed E-state index contributed by atoms with van der Waals surface area (Å²) >= 11 is 0. The fourth-order valence-corrected chi connectivity index (χ4v) is 2.94. The number of hydrogen-bond donors (Lipinski definition) is 3. The molecule has 1 aromatic carbocycles. The molecule has 1 saturated heterocycles. The molecule has 3 N–H and O–H groups in total. The van der Waals surface area contributed by atoms with Gasteiger partial charge in [0.25, 0.3) is 11.8 Å². The molecule has 1 fully saturated rings. The van der Waals surface area contributed by atoms with E-state index in [2.05, 4.69) is 20.9 Å². The van der Waals surface area contributed by atoms with Crippen molar-refractivity contribution in [2.24, 2.45) is 0 Å². The van der Waals surface area contributed by atoms with Crippen molar-refractivity contribution in [3.8, 4) is 5.75 Å². The number of benzene rings is 1. The zero-order valence-corrected chi connectivity index (χ0v) is 13.9. The van der Waals surface area contributed by atoms with Crippen LogP contribution < -0.4 is 20.7 Å². The number of nitrogens with one attached hydrogen (secondary N) is 3. The van der Waals surface area contributed by atoms with E-state index in [4.69, 9.17) is 4.74 Å². The molecule has 7 nitrogen and oxygen atoms in total. The van der Waals surface area contributed by atoms with Crippen LogP contribution in [0.1, 0.15) is 23.7 Å². The predicted molar refractivity (Wildman–Crippen MR) is 91.4 cm³/mol. The number of nitrogens with zero attached hydrogens (tertiary/aromatic N) is 1. The third-order valence-electron chi connectivity index (χ3n) is 4.33. The number of ether oxygens (including phenoxy) is 1. The van der Waals surface area contributed by atoms with Gasteiger partial charge in [-0.1, -0.05) is 6.07 Å². The highest BCUT2D eigenvalue weighted by atomic mass is 16.5. The first kappa shape index (κ1) is 16.7. The minimum atomic E-state index is -0.598. The van der Waals surface area contributed by atoms with Crippen molar-refractivity contribution in [1.29, 1.82) is 0 Å². The zero-order valence-electron chi connectivity index (χ0n) is 13.9. The van der Waals surface area contributed by atoms with Crippen molar-refractivity contribution in [1.82, 2.24) is 15.5 Å². The molecule has 2 aliphatic heterocycles. The van der Waals surface area contributed by atoms with Crippen LogP contribution in [0.4, 0.5) is 5.69 Å². The molecular formula is C17H24N4O3. The minimum Gasteiger partial charge on any atom is -0.478 e. The second kappa shape index (κ2) is 7.63. The van der Waals surface area contributed by atoms with Gasteiger partial charge in [-0.2, -0.15) is 0 Å². The quantitative estimate of drug-likeness (QED) is 0.681. The molecule has 3 rings (SSSR count). The molecule has 0 spiro atoms. The normalized spacial score (nSPS) is 20.7. The van der Waals surface area contributed by atoms with Crippen LogP contribution in [0.3, 0.4) is 0 Å². The Bertz CT molecular complexity index is 614. The lowest BCUT2D eigenvalue weighted by molar-refractivity contribution is -0.122. The van der Waals surface area contributed by atoms with Crippen LogP contribution in [0.2, 0.25) is 0 Å². The Morgan fingerprint density at radius 3 is 2.96 bits per heavy atom. The highest BCUT2D eigenvalue weighted by Gasteiger charge is 2.27. The molecule has 0 aliphatic carbocycles. The minimum absolute atomic E-state index is 0.171. The Morgan fingerprint density at radius 1 is 1.38 bits per heavy atom. The number of carbonyl (C=O) groups excluding carboxylic acids is 2. The standard InChI is InChI=1S/C17H24N4O3/c1-12-16(22)20-14-5-2-4-13(15(14)24-12)17(23)19-6-3-9-21-10-7-18-8-11-21/h2,4-5,12,18H,3,6-11H2,1H3,(H,19,23)(H,20,22). The highest BCUT2D eigenvalue weighted by molar-refractivity contribution is 6.03. The van der Waals surface area contributed by atoms with Crippen LogP contribution >= 0.6 is 0 Å². The van der Waals surface area contributed by atoms with Gasteiger partial charge in [0.05, 0.1) is 11.3 Å². The van der Waals surface area contributed by atoms with E-state index >= 15 is 0 Å². The van der Waals surface area contributed by atoms with Crippen LogP contribution in [0.25, 0.3) is 0 Å². The van der Waals surface area contributed by atoms with Crippen molar-refractivity contribution in [2.75, 3.05) is 44.6 Å². The molecule has 24 heavy (non-hydrogen) atoms. The summed E-state index contributed by atoms with van der Waals surface area (Å²) in [5.74, 6) is 0.0794. The van der Waals surface area contributed by atoms with Crippen LogP contribution in [0.15, 0.2) is 18.2 Å². The van der Waals surface area contributed by atoms with Crippen LogP contribution in [0.5, 0.6) is 5.75 Å². The van der Waals surface area contributed by atoms with E-state index in [0.29, 0.717) is 23.5 Å². The maximum Gasteiger partial charge on any atom is 0.265 e. The number of piperazine rings is 1. The predicted octanol–water partition coefficient (Wildman–Crippen LogP) is 0.431. The van der Waals surface area contributed by atoms with Crippen molar-refractivity contribution >= 4 is 17.5 Å². The van der Waals surface area contributed by atoms with Crippen molar-refractivity contribution in [3.05, 3.63) is 23.8 Å². The Kier molecular flexibility index (Phi) is 5.32. The summed E-state index contributed by atoms with van der Waals surface area (Å²) in [6, 6.07) is 5.20. The largest absolute Gasteiger partial charge is 0.478 e. The molecule has 7 heteroatoms. The van der Waals surface area contributed by atoms with E-state index in [-0.39, 0.29) is 11.8 Å². The molecule has 1 aromatic rings. The van der Waals surface area contributed by atoms with Gasteiger partial charge in [-0.3, -0.25) is 9.59 Å². The van der Waals surface area contributed by atoms with Gasteiger partial charge >= 0.3 is 0 Å². The van der Waals surface area contributed by atoms with E-state index in [9.17, 15) is 9.59 Å². The maximum absolute atomic E-state index is 12.4. The molecule has 2 heterocycles. The van der Waals surface area contributed by atoms with E-state index in [1.807, 2.05) is 0 Å². The molecular weight excluding hydrogens is 308 g/mol. The molecule has 130 valence electrons. The SMILES string of the molecule is CC1Oc2c(cccc2C(=O)NCCCN2CCNCC2)NC1=O. The first-order valence-electron chi connectivity index (χ1n) is 8.47. The first-order valence-corrected chi connectivity index (χ1v) is 8.47. The second-order valence-electron chi connectivity index (χ2n) is 6.13. The Labute approximate surface area is 141 Å². The van der Waals surface area contributed by atoms with E-state index in [1.54, 1.807) is 25.1 Å². The van der Waals surface area contributed by atoms with Gasteiger partial charge in [-0.15, -0.1) is 0 Å². The monoisotopic (exact) mass is 332 g/mol. The molecule has 1 atom stereocenters. The Balaban J connectivity index is 1.54. The molecule has 0 radical (unpaired) electrons. The van der Waals surface area contributed by atoms with Gasteiger partial charge in [0, 0.05) is 32.7 Å². The first-order chi connectivity index (χ1) is 11.6. The van der Waals surface area contributed by atoms with Crippen molar-refractivity contribution < 1.29 is 14.3 Å². The van der Waals surface area contributed by atoms with Gasteiger partial charge in [0.1, 0.15) is 0 Å². The third-order valence-corrected chi connectivity index (χ3v) is 4.33. The number of fused-ring (bicyclic) bond motifs is 1. The topological polar surface area (TPSA) is 82.7 Å². The number of amides is 2. The van der Waals surface area contributed by atoms with Crippen molar-refractivity contribution in [3.63, 3.8) is 0 Å². The summed E-state index contributed by atoms with van der Waals surface area (Å²) in [7, 11) is 0. The number of anilines is 1. The molecule has 0 bridgehead atoms. The summed E-state index contributed by atoms with van der Waals surface area (Å²) in [4.78, 5) is 26.5. The lowest BCUT2D eigenvalue weighted by Gasteiger charge is -2.27. The molecule has 0 saturated carbocycles.